The van der Waals surface area contributed by atoms with Crippen LogP contribution in [0.2, 0.25) is 0 Å². The zero-order valence-corrected chi connectivity index (χ0v) is 15.1. The van der Waals surface area contributed by atoms with E-state index < -0.39 is 40.6 Å². The molecule has 0 unspecified atom stereocenters. The van der Waals surface area contributed by atoms with E-state index in [4.69, 9.17) is 0 Å². The van der Waals surface area contributed by atoms with Gasteiger partial charge >= 0.3 is 5.97 Å². The van der Waals surface area contributed by atoms with Gasteiger partial charge in [-0.05, 0) is 6.07 Å². The molecule has 0 saturated heterocycles. The number of carbonyl (C=O) groups is 1. The highest BCUT2D eigenvalue weighted by Gasteiger charge is 2.24. The van der Waals surface area contributed by atoms with Gasteiger partial charge < -0.3 is 4.74 Å². The molecule has 2 heterocycles. The molecular formula is C15H9F5N6O2S. The molecule has 0 atom stereocenters. The van der Waals surface area contributed by atoms with Crippen molar-refractivity contribution in [3.8, 4) is 0 Å². The summed E-state index contributed by atoms with van der Waals surface area (Å²) in [5.74, 6) is -10.9. The maximum absolute atomic E-state index is 13.7. The van der Waals surface area contributed by atoms with Crippen LogP contribution in [0.25, 0.3) is 0 Å². The molecule has 0 spiro atoms. The van der Waals surface area contributed by atoms with E-state index in [1.54, 1.807) is 0 Å². The number of aromatic nitrogens is 5. The van der Waals surface area contributed by atoms with Gasteiger partial charge in [0.1, 0.15) is 6.33 Å². The molecule has 0 amide bonds. The van der Waals surface area contributed by atoms with Crippen molar-refractivity contribution in [1.29, 1.82) is 0 Å². The number of ether oxygens (including phenoxy) is 1. The Hall–Kier alpha value is -3.29. The predicted octanol–water partition coefficient (Wildman–Crippen LogP) is 2.59. The second-order valence-corrected chi connectivity index (χ2v) is 6.10. The van der Waals surface area contributed by atoms with Crippen LogP contribution in [0.15, 0.2) is 28.8 Å². The van der Waals surface area contributed by atoms with Crippen molar-refractivity contribution >= 4 is 23.9 Å². The smallest absolute Gasteiger partial charge is 0.358 e. The number of rotatable bonds is 6. The lowest BCUT2D eigenvalue weighted by atomic mass is 10.2. The van der Waals surface area contributed by atoms with Gasteiger partial charge in [-0.1, -0.05) is 11.8 Å². The van der Waals surface area contributed by atoms with E-state index in [0.29, 0.717) is 6.21 Å². The molecule has 1 aromatic carbocycles. The number of nitrogens with zero attached hydrogens (tertiary/aromatic N) is 6. The Morgan fingerprint density at radius 2 is 1.83 bits per heavy atom. The van der Waals surface area contributed by atoms with Gasteiger partial charge in [-0.25, -0.2) is 26.7 Å². The Balaban J connectivity index is 1.78. The Labute approximate surface area is 163 Å². The second-order valence-electron chi connectivity index (χ2n) is 5.19. The Morgan fingerprint density at radius 3 is 2.48 bits per heavy atom. The highest BCUT2D eigenvalue weighted by atomic mass is 32.2. The summed E-state index contributed by atoms with van der Waals surface area (Å²) in [6.07, 6.45) is 3.03. The largest absolute Gasteiger partial charge is 0.464 e. The van der Waals surface area contributed by atoms with Crippen LogP contribution in [-0.2, 0) is 10.6 Å². The number of methoxy groups -OCH3 is 1. The number of esters is 1. The summed E-state index contributed by atoms with van der Waals surface area (Å²) in [4.78, 5) is 11.4. The van der Waals surface area contributed by atoms with Gasteiger partial charge in [-0.2, -0.15) is 14.9 Å². The quantitative estimate of drug-likeness (QED) is 0.149. The maximum atomic E-state index is 13.7. The molecule has 8 nitrogen and oxygen atoms in total. The van der Waals surface area contributed by atoms with Crippen molar-refractivity contribution in [3.63, 3.8) is 0 Å². The summed E-state index contributed by atoms with van der Waals surface area (Å²) in [5, 5.41) is 15.0. The second kappa shape index (κ2) is 8.38. The summed E-state index contributed by atoms with van der Waals surface area (Å²) in [6, 6.07) is 1.43. The number of thioether (sulfide) groups is 1. The standard InChI is InChI=1S/C15H9F5N6O2S/c1-28-14(27)8-2-3-25(24-8)6-29-15-23-21-5-26(15)22-4-7-9(16)11(18)13(20)12(19)10(7)17/h2-5H,6H2,1H3/b22-4-. The molecule has 2 aromatic heterocycles. The van der Waals surface area contributed by atoms with Crippen LogP contribution in [0, 0.1) is 29.1 Å². The SMILES string of the molecule is COC(=O)c1ccn(CSc2nncn2/N=C\c2c(F)c(F)c(F)c(F)c2F)n1. The van der Waals surface area contributed by atoms with Crippen molar-refractivity contribution in [1.82, 2.24) is 24.7 Å². The lowest BCUT2D eigenvalue weighted by Crippen LogP contribution is -2.07. The van der Waals surface area contributed by atoms with Gasteiger partial charge in [0.05, 0.1) is 24.8 Å². The number of hydrogen-bond donors (Lipinski definition) is 0. The molecule has 0 saturated carbocycles. The molecule has 0 aliphatic rings. The summed E-state index contributed by atoms with van der Waals surface area (Å²) >= 11 is 1.02. The molecular weight excluding hydrogens is 423 g/mol. The minimum Gasteiger partial charge on any atom is -0.464 e. The van der Waals surface area contributed by atoms with E-state index in [1.165, 1.54) is 24.1 Å². The van der Waals surface area contributed by atoms with Crippen LogP contribution >= 0.6 is 11.8 Å². The predicted molar refractivity (Wildman–Crippen MR) is 88.7 cm³/mol. The lowest BCUT2D eigenvalue weighted by molar-refractivity contribution is 0.0593. The third kappa shape index (κ3) is 4.11. The van der Waals surface area contributed by atoms with Crippen LogP contribution in [0.3, 0.4) is 0 Å². The number of benzene rings is 1. The van der Waals surface area contributed by atoms with Crippen LogP contribution in [0.1, 0.15) is 16.1 Å². The molecule has 3 rings (SSSR count). The van der Waals surface area contributed by atoms with Crippen LogP contribution in [0.4, 0.5) is 22.0 Å². The third-order valence-corrected chi connectivity index (χ3v) is 4.34. The first kappa shape index (κ1) is 20.4. The van der Waals surface area contributed by atoms with E-state index >= 15 is 0 Å². The molecule has 0 aliphatic carbocycles. The summed E-state index contributed by atoms with van der Waals surface area (Å²) in [5.41, 5.74) is -1.13. The number of hydrogen-bond acceptors (Lipinski definition) is 7. The summed E-state index contributed by atoms with van der Waals surface area (Å²) < 4.78 is 73.8. The fourth-order valence-electron chi connectivity index (χ4n) is 2.02. The Morgan fingerprint density at radius 1 is 1.17 bits per heavy atom. The van der Waals surface area contributed by atoms with E-state index in [-0.39, 0.29) is 16.7 Å². The fourth-order valence-corrected chi connectivity index (χ4v) is 2.74. The first-order chi connectivity index (χ1) is 13.8. The van der Waals surface area contributed by atoms with Crippen LogP contribution < -0.4 is 0 Å². The first-order valence-electron chi connectivity index (χ1n) is 7.53. The highest BCUT2D eigenvalue weighted by molar-refractivity contribution is 7.98. The average Bonchev–Trinajstić information content (AvgIpc) is 3.38. The Kier molecular flexibility index (Phi) is 5.91. The summed E-state index contributed by atoms with van der Waals surface area (Å²) in [6.45, 7) is 0. The van der Waals surface area contributed by atoms with E-state index in [2.05, 4.69) is 25.1 Å². The zero-order chi connectivity index (χ0) is 21.1. The fraction of sp³-hybridized carbons (Fsp3) is 0.133. The van der Waals surface area contributed by atoms with Crippen molar-refractivity contribution < 1.29 is 31.5 Å². The molecule has 14 heteroatoms. The van der Waals surface area contributed by atoms with Gasteiger partial charge in [0.25, 0.3) is 0 Å². The highest BCUT2D eigenvalue weighted by Crippen LogP contribution is 2.22. The van der Waals surface area contributed by atoms with E-state index in [1.807, 2.05) is 0 Å². The molecule has 0 radical (unpaired) electrons. The van der Waals surface area contributed by atoms with E-state index in [0.717, 1.165) is 22.8 Å². The molecule has 0 N–H and O–H groups in total. The van der Waals surface area contributed by atoms with Gasteiger partial charge in [0, 0.05) is 6.20 Å². The van der Waals surface area contributed by atoms with Gasteiger partial charge in [-0.3, -0.25) is 4.68 Å². The molecule has 152 valence electrons. The molecule has 29 heavy (non-hydrogen) atoms. The maximum Gasteiger partial charge on any atom is 0.358 e. The van der Waals surface area contributed by atoms with Crippen molar-refractivity contribution in [2.24, 2.45) is 5.10 Å². The zero-order valence-electron chi connectivity index (χ0n) is 14.3. The monoisotopic (exact) mass is 432 g/mol. The molecule has 0 fully saturated rings. The van der Waals surface area contributed by atoms with Gasteiger partial charge in [-0.15, -0.1) is 10.2 Å². The minimum absolute atomic E-state index is 0.0823. The summed E-state index contributed by atoms with van der Waals surface area (Å²) in [7, 11) is 1.21. The molecule has 0 bridgehead atoms. The van der Waals surface area contributed by atoms with Crippen LogP contribution in [0.5, 0.6) is 0 Å². The van der Waals surface area contributed by atoms with Crippen molar-refractivity contribution in [2.75, 3.05) is 7.11 Å². The first-order valence-corrected chi connectivity index (χ1v) is 8.52. The van der Waals surface area contributed by atoms with Gasteiger partial charge in [0.2, 0.25) is 11.0 Å². The van der Waals surface area contributed by atoms with Crippen molar-refractivity contribution in [2.45, 2.75) is 11.0 Å². The minimum atomic E-state index is -2.26. The number of halogens is 5. The average molecular weight is 432 g/mol. The number of carbonyl (C=O) groups excluding carboxylic acids is 1. The van der Waals surface area contributed by atoms with Crippen molar-refractivity contribution in [3.05, 3.63) is 58.9 Å². The molecule has 3 aromatic rings. The Bertz CT molecular complexity index is 1070. The third-order valence-electron chi connectivity index (χ3n) is 3.42. The normalized spacial score (nSPS) is 11.4. The van der Waals surface area contributed by atoms with Gasteiger partial charge in [0.15, 0.2) is 29.0 Å². The van der Waals surface area contributed by atoms with E-state index in [9.17, 15) is 26.7 Å². The lowest BCUT2D eigenvalue weighted by Gasteiger charge is -2.04. The topological polar surface area (TPSA) is 87.2 Å². The van der Waals surface area contributed by atoms with Crippen LogP contribution in [-0.4, -0.2) is 43.9 Å². The molecule has 0 aliphatic heterocycles.